The van der Waals surface area contributed by atoms with Crippen molar-refractivity contribution in [3.63, 3.8) is 0 Å². The molecular weight excluding hydrogens is 386 g/mol. The fourth-order valence-corrected chi connectivity index (χ4v) is 3.73. The zero-order valence-corrected chi connectivity index (χ0v) is 17.3. The number of nitrogens with one attached hydrogen (secondary N) is 1. The van der Waals surface area contributed by atoms with E-state index in [-0.39, 0.29) is 5.91 Å². The quantitative estimate of drug-likeness (QED) is 0.494. The van der Waals surface area contributed by atoms with Gasteiger partial charge in [0.2, 0.25) is 0 Å². The van der Waals surface area contributed by atoms with Crippen molar-refractivity contribution in [1.29, 1.82) is 0 Å². The summed E-state index contributed by atoms with van der Waals surface area (Å²) < 4.78 is 0. The van der Waals surface area contributed by atoms with Crippen LogP contribution in [0, 0.1) is 0 Å². The maximum absolute atomic E-state index is 12.8. The number of carbonyl (C=O) groups is 2. The Morgan fingerprint density at radius 1 is 1.07 bits per heavy atom. The highest BCUT2D eigenvalue weighted by Crippen LogP contribution is 2.36. The first kappa shape index (κ1) is 20.4. The van der Waals surface area contributed by atoms with Gasteiger partial charge in [-0.15, -0.1) is 11.3 Å². The van der Waals surface area contributed by atoms with Gasteiger partial charge in [-0.25, -0.2) is 4.79 Å². The molecule has 0 aliphatic carbocycles. The number of amides is 2. The Labute approximate surface area is 173 Å². The van der Waals surface area contributed by atoms with Gasteiger partial charge < -0.3 is 16.2 Å². The van der Waals surface area contributed by atoms with Crippen LogP contribution in [-0.2, 0) is 0 Å². The molecule has 0 aliphatic heterocycles. The van der Waals surface area contributed by atoms with E-state index in [4.69, 9.17) is 5.73 Å². The molecule has 0 atom stereocenters. The Kier molecular flexibility index (Phi) is 5.61. The smallest absolute Gasteiger partial charge is 0.412 e. The average molecular weight is 410 g/mol. The largest absolute Gasteiger partial charge is 0.465 e. The molecule has 29 heavy (non-hydrogen) atoms. The minimum Gasteiger partial charge on any atom is -0.465 e. The van der Waals surface area contributed by atoms with Crippen LogP contribution in [0.3, 0.4) is 0 Å². The molecule has 1 heterocycles. The molecular formula is C22H23N3O3S. The number of thiophene rings is 1. The zero-order chi connectivity index (χ0) is 21.2. The highest BCUT2D eigenvalue weighted by molar-refractivity contribution is 7.13. The maximum Gasteiger partial charge on any atom is 0.412 e. The predicted molar refractivity (Wildman–Crippen MR) is 119 cm³/mol. The van der Waals surface area contributed by atoms with Crippen molar-refractivity contribution in [1.82, 2.24) is 0 Å². The summed E-state index contributed by atoms with van der Waals surface area (Å²) in [6.07, 6.45) is -1.09. The Hall–Kier alpha value is -3.32. The number of anilines is 3. The average Bonchev–Trinajstić information content (AvgIpc) is 3.17. The van der Waals surface area contributed by atoms with E-state index >= 15 is 0 Å². The number of hydrogen-bond acceptors (Lipinski definition) is 4. The van der Waals surface area contributed by atoms with Crippen molar-refractivity contribution in [3.05, 3.63) is 65.5 Å². The number of nitrogens with two attached hydrogens (primary N) is 1. The molecule has 0 spiro atoms. The molecule has 0 radical (unpaired) electrons. The molecule has 3 rings (SSSR count). The van der Waals surface area contributed by atoms with Crippen molar-refractivity contribution in [2.45, 2.75) is 26.3 Å². The number of hydrogen-bond donors (Lipinski definition) is 3. The Morgan fingerprint density at radius 3 is 2.31 bits per heavy atom. The van der Waals surface area contributed by atoms with Gasteiger partial charge in [0, 0.05) is 21.7 Å². The van der Waals surface area contributed by atoms with Gasteiger partial charge in [-0.2, -0.15) is 0 Å². The fourth-order valence-electron chi connectivity index (χ4n) is 3.01. The van der Waals surface area contributed by atoms with Crippen molar-refractivity contribution in [3.8, 4) is 10.4 Å². The lowest BCUT2D eigenvalue weighted by Crippen LogP contribution is -2.45. The molecule has 0 saturated heterocycles. The van der Waals surface area contributed by atoms with Crippen molar-refractivity contribution in [2.24, 2.45) is 0 Å². The Balaban J connectivity index is 2.07. The third-order valence-electron chi connectivity index (χ3n) is 4.33. The molecule has 6 nitrogen and oxygen atoms in total. The summed E-state index contributed by atoms with van der Waals surface area (Å²) in [6.45, 7) is 5.42. The van der Waals surface area contributed by atoms with Crippen LogP contribution >= 0.6 is 11.3 Å². The monoisotopic (exact) mass is 409 g/mol. The van der Waals surface area contributed by atoms with Crippen LogP contribution in [0.2, 0.25) is 0 Å². The third kappa shape index (κ3) is 4.57. The molecule has 0 aliphatic rings. The number of carboxylic acid groups (broad SMARTS) is 1. The SMILES string of the molecule is CC(C)(C)N(C(=O)O)c1ccc(-c2cccs2)cc1NC(=O)c1ccc(N)cc1. The summed E-state index contributed by atoms with van der Waals surface area (Å²) in [5.41, 5.74) is 7.73. The first-order chi connectivity index (χ1) is 13.7. The van der Waals surface area contributed by atoms with E-state index in [2.05, 4.69) is 5.32 Å². The van der Waals surface area contributed by atoms with E-state index in [0.29, 0.717) is 22.6 Å². The topological polar surface area (TPSA) is 95.7 Å². The summed E-state index contributed by atoms with van der Waals surface area (Å²) in [6, 6.07) is 15.9. The fraction of sp³-hybridized carbons (Fsp3) is 0.182. The highest BCUT2D eigenvalue weighted by Gasteiger charge is 2.30. The van der Waals surface area contributed by atoms with Gasteiger partial charge in [-0.3, -0.25) is 9.69 Å². The van der Waals surface area contributed by atoms with Crippen LogP contribution < -0.4 is 16.0 Å². The number of benzene rings is 2. The van der Waals surface area contributed by atoms with E-state index in [0.717, 1.165) is 10.4 Å². The van der Waals surface area contributed by atoms with E-state index < -0.39 is 11.6 Å². The molecule has 150 valence electrons. The summed E-state index contributed by atoms with van der Waals surface area (Å²) >= 11 is 1.57. The normalized spacial score (nSPS) is 11.1. The Bertz CT molecular complexity index is 1020. The summed E-state index contributed by atoms with van der Waals surface area (Å²) in [5.74, 6) is -0.339. The standard InChI is InChI=1S/C22H23N3O3S/c1-22(2,3)25(21(27)28)18-11-8-15(19-5-4-12-29-19)13-17(18)24-20(26)14-6-9-16(23)10-7-14/h4-13H,23H2,1-3H3,(H,24,26)(H,27,28). The van der Waals surface area contributed by atoms with Gasteiger partial charge in [-0.05, 0) is 74.2 Å². The maximum atomic E-state index is 12.8. The van der Waals surface area contributed by atoms with Crippen molar-refractivity contribution in [2.75, 3.05) is 16.0 Å². The van der Waals surface area contributed by atoms with Gasteiger partial charge in [0.25, 0.3) is 5.91 Å². The van der Waals surface area contributed by atoms with Gasteiger partial charge in [0.15, 0.2) is 0 Å². The second-order valence-electron chi connectivity index (χ2n) is 7.57. The lowest BCUT2D eigenvalue weighted by atomic mass is 10.0. The lowest BCUT2D eigenvalue weighted by Gasteiger charge is -2.34. The van der Waals surface area contributed by atoms with Crippen LogP contribution in [0.4, 0.5) is 21.9 Å². The molecule has 0 bridgehead atoms. The molecule has 2 amide bonds. The molecule has 0 fully saturated rings. The molecule has 4 N–H and O–H groups in total. The highest BCUT2D eigenvalue weighted by atomic mass is 32.1. The molecule has 3 aromatic rings. The number of nitrogen functional groups attached to an aromatic ring is 1. The number of rotatable bonds is 4. The lowest BCUT2D eigenvalue weighted by molar-refractivity contribution is 0.102. The zero-order valence-electron chi connectivity index (χ0n) is 16.5. The van der Waals surface area contributed by atoms with Gasteiger partial charge in [0.05, 0.1) is 11.4 Å². The number of nitrogens with zero attached hydrogens (tertiary/aromatic N) is 1. The third-order valence-corrected chi connectivity index (χ3v) is 5.25. The summed E-state index contributed by atoms with van der Waals surface area (Å²) in [7, 11) is 0. The van der Waals surface area contributed by atoms with Crippen molar-refractivity contribution >= 4 is 40.4 Å². The summed E-state index contributed by atoms with van der Waals surface area (Å²) in [5, 5.41) is 14.7. The van der Waals surface area contributed by atoms with E-state index in [1.54, 1.807) is 68.5 Å². The number of carbonyl (C=O) groups excluding carboxylic acids is 1. The molecule has 1 aromatic heterocycles. The van der Waals surface area contributed by atoms with Crippen LogP contribution in [0.15, 0.2) is 60.0 Å². The second kappa shape index (κ2) is 7.97. The first-order valence-corrected chi connectivity index (χ1v) is 9.93. The predicted octanol–water partition coefficient (Wildman–Crippen LogP) is 5.53. The Morgan fingerprint density at radius 2 is 1.76 bits per heavy atom. The van der Waals surface area contributed by atoms with E-state index in [1.165, 1.54) is 4.90 Å². The van der Waals surface area contributed by atoms with Crippen LogP contribution in [0.25, 0.3) is 10.4 Å². The second-order valence-corrected chi connectivity index (χ2v) is 8.52. The van der Waals surface area contributed by atoms with Gasteiger partial charge >= 0.3 is 6.09 Å². The minimum atomic E-state index is -1.09. The van der Waals surface area contributed by atoms with E-state index in [1.807, 2.05) is 23.6 Å². The molecule has 2 aromatic carbocycles. The summed E-state index contributed by atoms with van der Waals surface area (Å²) in [4.78, 5) is 27.1. The van der Waals surface area contributed by atoms with Crippen LogP contribution in [0.5, 0.6) is 0 Å². The van der Waals surface area contributed by atoms with Crippen molar-refractivity contribution < 1.29 is 14.7 Å². The molecule has 0 saturated carbocycles. The first-order valence-electron chi connectivity index (χ1n) is 9.05. The van der Waals surface area contributed by atoms with Crippen LogP contribution in [0.1, 0.15) is 31.1 Å². The van der Waals surface area contributed by atoms with Crippen LogP contribution in [-0.4, -0.2) is 22.6 Å². The minimum absolute atomic E-state index is 0.339. The molecule has 0 unspecified atom stereocenters. The van der Waals surface area contributed by atoms with Gasteiger partial charge in [-0.1, -0.05) is 12.1 Å². The van der Waals surface area contributed by atoms with Gasteiger partial charge in [0.1, 0.15) is 0 Å². The molecule has 7 heteroatoms. The van der Waals surface area contributed by atoms with E-state index in [9.17, 15) is 14.7 Å².